The van der Waals surface area contributed by atoms with E-state index in [2.05, 4.69) is 10.0 Å². The maximum Gasteiger partial charge on any atom is 0.472 e. The minimum Gasteiger partial charge on any atom is -0.380 e. The standard InChI is InChI=1S/C16H28B2N3O8P/c1-8(2)24-6-12-15(14(20-21-19)16(18)28-12)29-30(22,23)25-7-11-10(26-9(3)4)5-13(17)27-11/h8-16H,5-7H2,1-4H3,(H,22,23)/t10?,11-,12-,13-,14+,15?,16-/m1/s1. The number of nitrogens with zero attached hydrogens (tertiary/aromatic N) is 3. The van der Waals surface area contributed by atoms with E-state index in [1.807, 2.05) is 27.7 Å². The molecule has 166 valence electrons. The molecule has 2 saturated heterocycles. The SMILES string of the molecule is [B][C@@H]1O[C@H](COC(C)C)C(OP(=O)(O)OC[C@H]2O[C@@H]([B])CC2OC(C)C)[C@@H]1N=[N+]=[N-]. The molecule has 1 N–H and O–H groups in total. The molecular weight excluding hydrogens is 415 g/mol. The summed E-state index contributed by atoms with van der Waals surface area (Å²) in [5, 5.41) is 3.54. The van der Waals surface area contributed by atoms with Gasteiger partial charge in [0.25, 0.3) is 0 Å². The normalized spacial score (nSPS) is 36.2. The van der Waals surface area contributed by atoms with Gasteiger partial charge in [0.15, 0.2) is 0 Å². The number of ether oxygens (including phenoxy) is 4. The molecule has 4 radical (unpaired) electrons. The van der Waals surface area contributed by atoms with Crippen LogP contribution in [0.5, 0.6) is 0 Å². The van der Waals surface area contributed by atoms with Crippen LogP contribution in [0.15, 0.2) is 5.11 Å². The summed E-state index contributed by atoms with van der Waals surface area (Å²) in [7, 11) is 7.04. The molecule has 0 aromatic heterocycles. The lowest BCUT2D eigenvalue weighted by molar-refractivity contribution is -0.0651. The van der Waals surface area contributed by atoms with Crippen LogP contribution < -0.4 is 0 Å². The van der Waals surface area contributed by atoms with Gasteiger partial charge in [-0.3, -0.25) is 9.05 Å². The molecule has 0 aromatic rings. The van der Waals surface area contributed by atoms with Gasteiger partial charge in [-0.1, -0.05) is 5.11 Å². The first-order valence-corrected chi connectivity index (χ1v) is 11.3. The Morgan fingerprint density at radius 1 is 1.20 bits per heavy atom. The lowest BCUT2D eigenvalue weighted by Crippen LogP contribution is -2.36. The summed E-state index contributed by atoms with van der Waals surface area (Å²) in [6, 6.07) is -2.62. The Morgan fingerprint density at radius 2 is 1.90 bits per heavy atom. The van der Waals surface area contributed by atoms with Crippen LogP contribution in [-0.4, -0.2) is 88.5 Å². The van der Waals surface area contributed by atoms with Crippen molar-refractivity contribution in [2.75, 3.05) is 13.2 Å². The zero-order valence-electron chi connectivity index (χ0n) is 17.6. The molecule has 14 heteroatoms. The van der Waals surface area contributed by atoms with E-state index in [4.69, 9.17) is 49.2 Å². The van der Waals surface area contributed by atoms with Crippen LogP contribution in [0.1, 0.15) is 34.1 Å². The minimum atomic E-state index is -4.60. The molecule has 0 saturated carbocycles. The van der Waals surface area contributed by atoms with Crippen molar-refractivity contribution in [2.24, 2.45) is 5.11 Å². The molecule has 2 aliphatic heterocycles. The fourth-order valence-electron chi connectivity index (χ4n) is 3.25. The number of phosphoric acid groups is 1. The Balaban J connectivity index is 2.02. The van der Waals surface area contributed by atoms with Gasteiger partial charge in [0.05, 0.1) is 37.6 Å². The first-order valence-electron chi connectivity index (χ1n) is 9.81. The number of hydrogen-bond donors (Lipinski definition) is 1. The third-order valence-corrected chi connectivity index (χ3v) is 5.47. The highest BCUT2D eigenvalue weighted by Gasteiger charge is 2.47. The quantitative estimate of drug-likeness (QED) is 0.167. The molecule has 0 aliphatic carbocycles. The van der Waals surface area contributed by atoms with Gasteiger partial charge in [-0.15, -0.1) is 0 Å². The molecule has 3 unspecified atom stereocenters. The lowest BCUT2D eigenvalue weighted by Gasteiger charge is -2.26. The van der Waals surface area contributed by atoms with Gasteiger partial charge in [0.1, 0.15) is 34.0 Å². The second kappa shape index (κ2) is 11.3. The van der Waals surface area contributed by atoms with Crippen molar-refractivity contribution in [3.63, 3.8) is 0 Å². The number of azide groups is 1. The Morgan fingerprint density at radius 3 is 2.50 bits per heavy atom. The number of hydrogen-bond acceptors (Lipinski definition) is 8. The predicted octanol–water partition coefficient (Wildman–Crippen LogP) is 1.56. The van der Waals surface area contributed by atoms with E-state index in [9.17, 15) is 9.46 Å². The summed E-state index contributed by atoms with van der Waals surface area (Å²) in [4.78, 5) is 13.0. The molecule has 30 heavy (non-hydrogen) atoms. The molecule has 0 aromatic carbocycles. The van der Waals surface area contributed by atoms with Crippen LogP contribution >= 0.6 is 7.82 Å². The van der Waals surface area contributed by atoms with E-state index in [-0.39, 0.29) is 31.5 Å². The first-order chi connectivity index (χ1) is 14.0. The average Bonchev–Trinajstić information content (AvgIpc) is 3.11. The molecule has 8 atom stereocenters. The maximum atomic E-state index is 12.6. The van der Waals surface area contributed by atoms with E-state index >= 15 is 0 Å². The molecular formula is C16H28B2N3O8P. The van der Waals surface area contributed by atoms with Gasteiger partial charge in [-0.25, -0.2) is 4.57 Å². The first kappa shape index (κ1) is 25.6. The Bertz CT molecular complexity index is 654. The molecule has 0 spiro atoms. The van der Waals surface area contributed by atoms with Crippen LogP contribution in [0.25, 0.3) is 10.4 Å². The van der Waals surface area contributed by atoms with Gasteiger partial charge in [-0.05, 0) is 39.6 Å². The fraction of sp³-hybridized carbons (Fsp3) is 1.00. The van der Waals surface area contributed by atoms with Crippen LogP contribution in [0.2, 0.25) is 0 Å². The van der Waals surface area contributed by atoms with E-state index in [1.165, 1.54) is 0 Å². The monoisotopic (exact) mass is 443 g/mol. The third-order valence-electron chi connectivity index (χ3n) is 4.48. The van der Waals surface area contributed by atoms with Crippen molar-refractivity contribution in [1.82, 2.24) is 0 Å². The average molecular weight is 443 g/mol. The summed E-state index contributed by atoms with van der Waals surface area (Å²) in [6.45, 7) is 7.10. The molecule has 2 rings (SSSR count). The molecule has 2 heterocycles. The van der Waals surface area contributed by atoms with Gasteiger partial charge >= 0.3 is 7.82 Å². The number of rotatable bonds is 11. The smallest absolute Gasteiger partial charge is 0.380 e. The zero-order valence-corrected chi connectivity index (χ0v) is 18.5. The summed E-state index contributed by atoms with van der Waals surface area (Å²) >= 11 is 0. The van der Waals surface area contributed by atoms with Crippen molar-refractivity contribution < 1.29 is 37.5 Å². The highest BCUT2D eigenvalue weighted by Crippen LogP contribution is 2.48. The van der Waals surface area contributed by atoms with Crippen LogP contribution in [-0.2, 0) is 32.6 Å². The topological polar surface area (TPSA) is 141 Å². The zero-order chi connectivity index (χ0) is 22.5. The minimum absolute atomic E-state index is 0.0262. The van der Waals surface area contributed by atoms with Crippen molar-refractivity contribution in [1.29, 1.82) is 0 Å². The second-order valence-electron chi connectivity index (χ2n) is 7.72. The summed E-state index contributed by atoms with van der Waals surface area (Å²) < 4.78 is 45.2. The van der Waals surface area contributed by atoms with Crippen molar-refractivity contribution in [3.05, 3.63) is 10.4 Å². The predicted molar refractivity (Wildman–Crippen MR) is 108 cm³/mol. The van der Waals surface area contributed by atoms with E-state index in [1.54, 1.807) is 0 Å². The Labute approximate surface area is 179 Å². The lowest BCUT2D eigenvalue weighted by atomic mass is 9.91. The summed E-state index contributed by atoms with van der Waals surface area (Å²) in [5.41, 5.74) is 8.79. The molecule has 0 amide bonds. The Hall–Kier alpha value is -0.610. The van der Waals surface area contributed by atoms with Gasteiger partial charge in [-0.2, -0.15) is 0 Å². The van der Waals surface area contributed by atoms with E-state index < -0.39 is 44.2 Å². The largest absolute Gasteiger partial charge is 0.472 e. The van der Waals surface area contributed by atoms with Crippen molar-refractivity contribution in [2.45, 2.75) is 88.8 Å². The molecule has 2 aliphatic rings. The summed E-state index contributed by atoms with van der Waals surface area (Å²) in [6.07, 6.45) is -2.75. The highest BCUT2D eigenvalue weighted by molar-refractivity contribution is 7.47. The van der Waals surface area contributed by atoms with Crippen LogP contribution in [0.4, 0.5) is 0 Å². The van der Waals surface area contributed by atoms with Crippen LogP contribution in [0.3, 0.4) is 0 Å². The fourth-order valence-corrected chi connectivity index (χ4v) is 4.21. The van der Waals surface area contributed by atoms with Crippen molar-refractivity contribution in [3.8, 4) is 0 Å². The number of phosphoric ester groups is 1. The van der Waals surface area contributed by atoms with Crippen LogP contribution in [0, 0.1) is 0 Å². The Kier molecular flexibility index (Phi) is 9.67. The van der Waals surface area contributed by atoms with Crippen molar-refractivity contribution >= 4 is 23.5 Å². The second-order valence-corrected chi connectivity index (χ2v) is 9.13. The molecule has 0 bridgehead atoms. The highest BCUT2D eigenvalue weighted by atomic mass is 31.2. The van der Waals surface area contributed by atoms with E-state index in [0.717, 1.165) is 0 Å². The van der Waals surface area contributed by atoms with Gasteiger partial charge in [0, 0.05) is 16.9 Å². The molecule has 11 nitrogen and oxygen atoms in total. The van der Waals surface area contributed by atoms with Gasteiger partial charge < -0.3 is 23.8 Å². The van der Waals surface area contributed by atoms with Gasteiger partial charge in [0.2, 0.25) is 0 Å². The molecule has 2 fully saturated rings. The third kappa shape index (κ3) is 7.51. The van der Waals surface area contributed by atoms with E-state index in [0.29, 0.717) is 6.42 Å². The maximum absolute atomic E-state index is 12.6. The summed E-state index contributed by atoms with van der Waals surface area (Å²) in [5.74, 6) is 0.